The highest BCUT2D eigenvalue weighted by molar-refractivity contribution is 5.90. The van der Waals surface area contributed by atoms with Crippen molar-refractivity contribution in [1.82, 2.24) is 30.7 Å². The summed E-state index contributed by atoms with van der Waals surface area (Å²) in [6, 6.07) is 10.7. The van der Waals surface area contributed by atoms with Crippen molar-refractivity contribution in [2.45, 2.75) is 24.8 Å². The summed E-state index contributed by atoms with van der Waals surface area (Å²) in [5.41, 5.74) is 0.827. The van der Waals surface area contributed by atoms with Gasteiger partial charge in [0.05, 0.1) is 12.5 Å². The molecule has 10 heteroatoms. The van der Waals surface area contributed by atoms with Crippen LogP contribution in [0.2, 0.25) is 0 Å². The van der Waals surface area contributed by atoms with Gasteiger partial charge in [0, 0.05) is 43.6 Å². The molecule has 1 saturated carbocycles. The SMILES string of the molecule is COCCNC(=O)[C@H]1C[C@H](NC(=O)c2ncccn2)[C@H](c2nc(-c3ccccc3)no2)C1. The van der Waals surface area contributed by atoms with Crippen LogP contribution in [0.1, 0.15) is 35.3 Å². The molecule has 0 bridgehead atoms. The molecule has 1 aromatic carbocycles. The van der Waals surface area contributed by atoms with Crippen molar-refractivity contribution in [3.63, 3.8) is 0 Å². The van der Waals surface area contributed by atoms with Gasteiger partial charge in [-0.15, -0.1) is 0 Å². The van der Waals surface area contributed by atoms with E-state index in [1.807, 2.05) is 30.3 Å². The number of nitrogens with zero attached hydrogens (tertiary/aromatic N) is 4. The Morgan fingerprint density at radius 3 is 2.66 bits per heavy atom. The van der Waals surface area contributed by atoms with E-state index in [-0.39, 0.29) is 29.6 Å². The summed E-state index contributed by atoms with van der Waals surface area (Å²) in [7, 11) is 1.58. The summed E-state index contributed by atoms with van der Waals surface area (Å²) in [5, 5.41) is 9.91. The Morgan fingerprint density at radius 1 is 1.12 bits per heavy atom. The lowest BCUT2D eigenvalue weighted by atomic mass is 10.0. The maximum absolute atomic E-state index is 12.7. The number of nitrogens with one attached hydrogen (secondary N) is 2. The van der Waals surface area contributed by atoms with E-state index in [1.165, 1.54) is 12.4 Å². The molecule has 32 heavy (non-hydrogen) atoms. The van der Waals surface area contributed by atoms with Crippen molar-refractivity contribution in [3.8, 4) is 11.4 Å². The van der Waals surface area contributed by atoms with Gasteiger partial charge in [-0.1, -0.05) is 35.5 Å². The third kappa shape index (κ3) is 4.97. The quantitative estimate of drug-likeness (QED) is 0.509. The average molecular weight is 436 g/mol. The first kappa shape index (κ1) is 21.6. The Hall–Kier alpha value is -3.66. The molecule has 2 amide bonds. The molecule has 1 fully saturated rings. The normalized spacial score (nSPS) is 20.1. The topological polar surface area (TPSA) is 132 Å². The number of hydrogen-bond donors (Lipinski definition) is 2. The van der Waals surface area contributed by atoms with Crippen LogP contribution < -0.4 is 10.6 Å². The van der Waals surface area contributed by atoms with Crippen molar-refractivity contribution >= 4 is 11.8 Å². The molecule has 10 nitrogen and oxygen atoms in total. The first-order valence-corrected chi connectivity index (χ1v) is 10.4. The second-order valence-electron chi connectivity index (χ2n) is 7.53. The molecule has 0 spiro atoms. The Morgan fingerprint density at radius 2 is 1.91 bits per heavy atom. The fraction of sp³-hybridized carbons (Fsp3) is 0.364. The van der Waals surface area contributed by atoms with Crippen LogP contribution in [0.5, 0.6) is 0 Å². The number of ether oxygens (including phenoxy) is 1. The number of amides is 2. The van der Waals surface area contributed by atoms with Gasteiger partial charge in [0.25, 0.3) is 5.91 Å². The Balaban J connectivity index is 1.53. The minimum atomic E-state index is -0.413. The van der Waals surface area contributed by atoms with Gasteiger partial charge < -0.3 is 19.9 Å². The highest BCUT2D eigenvalue weighted by atomic mass is 16.5. The number of hydrogen-bond acceptors (Lipinski definition) is 8. The summed E-state index contributed by atoms with van der Waals surface area (Å²) in [6.07, 6.45) is 3.91. The molecule has 2 heterocycles. The van der Waals surface area contributed by atoms with Crippen LogP contribution in [0, 0.1) is 5.92 Å². The van der Waals surface area contributed by atoms with Gasteiger partial charge in [-0.2, -0.15) is 4.98 Å². The Bertz CT molecular complexity index is 1040. The van der Waals surface area contributed by atoms with Gasteiger partial charge in [-0.25, -0.2) is 9.97 Å². The Labute approximate surface area is 184 Å². The van der Waals surface area contributed by atoms with E-state index in [0.29, 0.717) is 37.7 Å². The molecule has 4 rings (SSSR count). The van der Waals surface area contributed by atoms with Crippen molar-refractivity contribution < 1.29 is 18.8 Å². The summed E-state index contributed by atoms with van der Waals surface area (Å²) >= 11 is 0. The van der Waals surface area contributed by atoms with E-state index in [9.17, 15) is 9.59 Å². The smallest absolute Gasteiger partial charge is 0.289 e. The van der Waals surface area contributed by atoms with E-state index in [1.54, 1.807) is 13.2 Å². The van der Waals surface area contributed by atoms with Crippen LogP contribution in [-0.2, 0) is 9.53 Å². The van der Waals surface area contributed by atoms with Crippen LogP contribution in [0.25, 0.3) is 11.4 Å². The molecule has 3 atom stereocenters. The zero-order valence-electron chi connectivity index (χ0n) is 17.6. The van der Waals surface area contributed by atoms with Crippen molar-refractivity contribution in [2.75, 3.05) is 20.3 Å². The minimum Gasteiger partial charge on any atom is -0.383 e. The standard InChI is InChI=1S/C22H24N6O4/c1-31-11-10-25-20(29)15-12-16(17(13-15)26-21(30)19-23-8-5-9-24-19)22-27-18(28-32-22)14-6-3-2-4-7-14/h2-9,15-17H,10-13H2,1H3,(H,25,29)(H,26,30)/t15-,16-,17+/m1/s1. The third-order valence-electron chi connectivity index (χ3n) is 5.42. The van der Waals surface area contributed by atoms with Crippen molar-refractivity contribution in [1.29, 1.82) is 0 Å². The molecule has 1 aliphatic carbocycles. The summed E-state index contributed by atoms with van der Waals surface area (Å²) in [5.74, 6) is -0.224. The molecule has 166 valence electrons. The van der Waals surface area contributed by atoms with Gasteiger partial charge in [0.1, 0.15) is 0 Å². The van der Waals surface area contributed by atoms with Gasteiger partial charge in [0.15, 0.2) is 0 Å². The lowest BCUT2D eigenvalue weighted by Crippen LogP contribution is -2.38. The number of aromatic nitrogens is 4. The summed E-state index contributed by atoms with van der Waals surface area (Å²) in [4.78, 5) is 37.9. The molecule has 0 radical (unpaired) electrons. The van der Waals surface area contributed by atoms with Crippen LogP contribution in [0.3, 0.4) is 0 Å². The highest BCUT2D eigenvalue weighted by Crippen LogP contribution is 2.38. The van der Waals surface area contributed by atoms with Crippen molar-refractivity contribution in [3.05, 3.63) is 60.5 Å². The van der Waals surface area contributed by atoms with Gasteiger partial charge in [-0.3, -0.25) is 9.59 Å². The first-order valence-electron chi connectivity index (χ1n) is 10.4. The predicted octanol–water partition coefficient (Wildman–Crippen LogP) is 1.58. The molecular formula is C22H24N6O4. The van der Waals surface area contributed by atoms with E-state index < -0.39 is 5.91 Å². The lowest BCUT2D eigenvalue weighted by molar-refractivity contribution is -0.125. The molecule has 0 unspecified atom stereocenters. The Kier molecular flexibility index (Phi) is 6.81. The number of carbonyl (C=O) groups excluding carboxylic acids is 2. The second kappa shape index (κ2) is 10.1. The summed E-state index contributed by atoms with van der Waals surface area (Å²) in [6.45, 7) is 0.849. The van der Waals surface area contributed by atoms with Gasteiger partial charge in [-0.05, 0) is 18.9 Å². The molecule has 3 aromatic rings. The van der Waals surface area contributed by atoms with Crippen LogP contribution in [-0.4, -0.2) is 58.2 Å². The highest BCUT2D eigenvalue weighted by Gasteiger charge is 2.42. The largest absolute Gasteiger partial charge is 0.383 e. The van der Waals surface area contributed by atoms with E-state index in [4.69, 9.17) is 9.26 Å². The number of rotatable bonds is 8. The molecule has 0 saturated heterocycles. The third-order valence-corrected chi connectivity index (χ3v) is 5.42. The van der Waals surface area contributed by atoms with Gasteiger partial charge >= 0.3 is 0 Å². The number of carbonyl (C=O) groups is 2. The molecular weight excluding hydrogens is 412 g/mol. The van der Waals surface area contributed by atoms with Crippen molar-refractivity contribution in [2.24, 2.45) is 5.92 Å². The molecule has 2 N–H and O–H groups in total. The second-order valence-corrected chi connectivity index (χ2v) is 7.53. The maximum Gasteiger partial charge on any atom is 0.289 e. The number of benzene rings is 1. The van der Waals surface area contributed by atoms with E-state index >= 15 is 0 Å². The average Bonchev–Trinajstić information content (AvgIpc) is 3.48. The fourth-order valence-corrected chi connectivity index (χ4v) is 3.84. The van der Waals surface area contributed by atoms with Crippen LogP contribution >= 0.6 is 0 Å². The summed E-state index contributed by atoms with van der Waals surface area (Å²) < 4.78 is 10.5. The van der Waals surface area contributed by atoms with Crippen LogP contribution in [0.15, 0.2) is 53.3 Å². The molecule has 1 aliphatic rings. The zero-order chi connectivity index (χ0) is 22.3. The maximum atomic E-state index is 12.7. The van der Waals surface area contributed by atoms with E-state index in [0.717, 1.165) is 5.56 Å². The first-order chi connectivity index (χ1) is 15.7. The zero-order valence-corrected chi connectivity index (χ0v) is 17.6. The fourth-order valence-electron chi connectivity index (χ4n) is 3.84. The predicted molar refractivity (Wildman–Crippen MR) is 113 cm³/mol. The minimum absolute atomic E-state index is 0.0646. The van der Waals surface area contributed by atoms with E-state index in [2.05, 4.69) is 30.7 Å². The monoisotopic (exact) mass is 436 g/mol. The molecule has 0 aliphatic heterocycles. The lowest BCUT2D eigenvalue weighted by Gasteiger charge is -2.17. The molecule has 2 aromatic heterocycles. The van der Waals surface area contributed by atoms with Crippen LogP contribution in [0.4, 0.5) is 0 Å². The van der Waals surface area contributed by atoms with Gasteiger partial charge in [0.2, 0.25) is 23.4 Å². The number of methoxy groups -OCH3 is 1.